The molecule has 1 rings (SSSR count). The molecule has 3 nitrogen and oxygen atoms in total. The van der Waals surface area contributed by atoms with Gasteiger partial charge in [0, 0.05) is 20.3 Å². The van der Waals surface area contributed by atoms with Crippen molar-refractivity contribution in [3.63, 3.8) is 0 Å². The van der Waals surface area contributed by atoms with Crippen molar-refractivity contribution < 1.29 is 4.74 Å². The molecule has 0 heterocycles. The Morgan fingerprint density at radius 1 is 1.54 bits per heavy atom. The van der Waals surface area contributed by atoms with Gasteiger partial charge in [-0.15, -0.1) is 0 Å². The molecule has 0 aromatic carbocycles. The fourth-order valence-electron chi connectivity index (χ4n) is 1.60. The Bertz CT molecular complexity index is 182. The third kappa shape index (κ3) is 2.98. The van der Waals surface area contributed by atoms with Crippen LogP contribution in [0.4, 0.5) is 0 Å². The summed E-state index contributed by atoms with van der Waals surface area (Å²) in [5.41, 5.74) is -0.0347. The van der Waals surface area contributed by atoms with Crippen LogP contribution in [-0.2, 0) is 4.74 Å². The lowest BCUT2D eigenvalue weighted by Gasteiger charge is -2.35. The van der Waals surface area contributed by atoms with Crippen LogP contribution < -0.4 is 5.32 Å². The molecule has 0 spiro atoms. The van der Waals surface area contributed by atoms with Crippen molar-refractivity contribution in [2.75, 3.05) is 26.8 Å². The third-order valence-electron chi connectivity index (χ3n) is 2.71. The van der Waals surface area contributed by atoms with E-state index in [4.69, 9.17) is 10.00 Å². The highest BCUT2D eigenvalue weighted by Gasteiger charge is 2.36. The number of methoxy groups -OCH3 is 1. The van der Waals surface area contributed by atoms with Crippen molar-refractivity contribution in [2.24, 2.45) is 5.41 Å². The van der Waals surface area contributed by atoms with Crippen molar-refractivity contribution in [3.05, 3.63) is 0 Å². The topological polar surface area (TPSA) is 45.0 Å². The number of nitriles is 1. The number of rotatable bonds is 6. The van der Waals surface area contributed by atoms with Crippen LogP contribution >= 0.6 is 0 Å². The molecule has 0 saturated heterocycles. The molecule has 1 fully saturated rings. The number of hydrogen-bond donors (Lipinski definition) is 1. The molecule has 1 aliphatic rings. The largest absolute Gasteiger partial charge is 0.385 e. The summed E-state index contributed by atoms with van der Waals surface area (Å²) >= 11 is 0. The smallest absolute Gasteiger partial charge is 0.0703 e. The number of ether oxygens (including phenoxy) is 1. The predicted molar refractivity (Wildman–Crippen MR) is 51.3 cm³/mol. The van der Waals surface area contributed by atoms with E-state index in [1.54, 1.807) is 7.11 Å². The standard InChI is InChI=1S/C10H18N2O/c1-13-7-3-6-12-9-10(8-11)4-2-5-10/h12H,2-7,9H2,1H3. The fraction of sp³-hybridized carbons (Fsp3) is 0.900. The summed E-state index contributed by atoms with van der Waals surface area (Å²) in [6.45, 7) is 2.61. The Morgan fingerprint density at radius 2 is 2.31 bits per heavy atom. The molecular formula is C10H18N2O. The summed E-state index contributed by atoms with van der Waals surface area (Å²) in [5.74, 6) is 0. The van der Waals surface area contributed by atoms with Gasteiger partial charge >= 0.3 is 0 Å². The van der Waals surface area contributed by atoms with E-state index in [2.05, 4.69) is 11.4 Å². The number of nitrogens with zero attached hydrogens (tertiary/aromatic N) is 1. The summed E-state index contributed by atoms with van der Waals surface area (Å²) < 4.78 is 4.94. The van der Waals surface area contributed by atoms with Crippen molar-refractivity contribution >= 4 is 0 Å². The van der Waals surface area contributed by atoms with Gasteiger partial charge in [-0.2, -0.15) is 5.26 Å². The van der Waals surface area contributed by atoms with Gasteiger partial charge in [-0.1, -0.05) is 6.42 Å². The lowest BCUT2D eigenvalue weighted by atomic mass is 9.70. The lowest BCUT2D eigenvalue weighted by molar-refractivity contribution is 0.183. The summed E-state index contributed by atoms with van der Waals surface area (Å²) in [6.07, 6.45) is 4.38. The van der Waals surface area contributed by atoms with Crippen LogP contribution in [0, 0.1) is 16.7 Å². The first kappa shape index (κ1) is 10.5. The highest BCUT2D eigenvalue weighted by Crippen LogP contribution is 2.39. The van der Waals surface area contributed by atoms with Gasteiger partial charge in [0.05, 0.1) is 11.5 Å². The average molecular weight is 182 g/mol. The van der Waals surface area contributed by atoms with Crippen LogP contribution in [0.15, 0.2) is 0 Å². The highest BCUT2D eigenvalue weighted by molar-refractivity contribution is 5.05. The first-order valence-electron chi connectivity index (χ1n) is 4.94. The van der Waals surface area contributed by atoms with Crippen LogP contribution in [0.3, 0.4) is 0 Å². The minimum atomic E-state index is -0.0347. The molecule has 0 atom stereocenters. The molecular weight excluding hydrogens is 164 g/mol. The monoisotopic (exact) mass is 182 g/mol. The van der Waals surface area contributed by atoms with Gasteiger partial charge in [0.25, 0.3) is 0 Å². The Kier molecular flexibility index (Phi) is 4.20. The van der Waals surface area contributed by atoms with Crippen molar-refractivity contribution in [1.82, 2.24) is 5.32 Å². The van der Waals surface area contributed by atoms with E-state index in [0.29, 0.717) is 0 Å². The van der Waals surface area contributed by atoms with Crippen LogP contribution in [0.1, 0.15) is 25.7 Å². The molecule has 1 aliphatic carbocycles. The molecule has 0 aliphatic heterocycles. The summed E-state index contributed by atoms with van der Waals surface area (Å²) in [6, 6.07) is 2.41. The number of nitrogens with one attached hydrogen (secondary N) is 1. The minimum absolute atomic E-state index is 0.0347. The second-order valence-corrected chi connectivity index (χ2v) is 3.77. The van der Waals surface area contributed by atoms with Crippen molar-refractivity contribution in [1.29, 1.82) is 5.26 Å². The molecule has 0 radical (unpaired) electrons. The molecule has 0 bridgehead atoms. The van der Waals surface area contributed by atoms with E-state index >= 15 is 0 Å². The Morgan fingerprint density at radius 3 is 2.77 bits per heavy atom. The first-order valence-corrected chi connectivity index (χ1v) is 4.94. The molecule has 0 amide bonds. The van der Waals surface area contributed by atoms with Gasteiger partial charge in [-0.25, -0.2) is 0 Å². The molecule has 3 heteroatoms. The highest BCUT2D eigenvalue weighted by atomic mass is 16.5. The maximum atomic E-state index is 8.92. The van der Waals surface area contributed by atoms with Crippen LogP contribution in [0.25, 0.3) is 0 Å². The maximum absolute atomic E-state index is 8.92. The molecule has 74 valence electrons. The quantitative estimate of drug-likeness (QED) is 0.630. The maximum Gasteiger partial charge on any atom is 0.0703 e. The van der Waals surface area contributed by atoms with Gasteiger partial charge in [0.1, 0.15) is 0 Å². The zero-order chi connectivity index (χ0) is 9.57. The average Bonchev–Trinajstić information content (AvgIpc) is 2.09. The molecule has 0 aromatic heterocycles. The van der Waals surface area contributed by atoms with Gasteiger partial charge < -0.3 is 10.1 Å². The fourth-order valence-corrected chi connectivity index (χ4v) is 1.60. The van der Waals surface area contributed by atoms with Crippen molar-refractivity contribution in [2.45, 2.75) is 25.7 Å². The van der Waals surface area contributed by atoms with E-state index in [-0.39, 0.29) is 5.41 Å². The molecule has 0 unspecified atom stereocenters. The summed E-state index contributed by atoms with van der Waals surface area (Å²) in [7, 11) is 1.71. The van der Waals surface area contributed by atoms with E-state index < -0.39 is 0 Å². The van der Waals surface area contributed by atoms with Crippen LogP contribution in [0.2, 0.25) is 0 Å². The Balaban J connectivity index is 2.02. The van der Waals surface area contributed by atoms with Gasteiger partial charge in [-0.05, 0) is 25.8 Å². The third-order valence-corrected chi connectivity index (χ3v) is 2.71. The SMILES string of the molecule is COCCCNCC1(C#N)CCC1. The van der Waals surface area contributed by atoms with Crippen LogP contribution in [0.5, 0.6) is 0 Å². The predicted octanol–water partition coefficient (Wildman–Crippen LogP) is 1.31. The zero-order valence-corrected chi connectivity index (χ0v) is 8.31. The second-order valence-electron chi connectivity index (χ2n) is 3.77. The van der Waals surface area contributed by atoms with Crippen molar-refractivity contribution in [3.8, 4) is 6.07 Å². The Hall–Kier alpha value is -0.590. The molecule has 13 heavy (non-hydrogen) atoms. The van der Waals surface area contributed by atoms with E-state index in [1.807, 2.05) is 0 Å². The summed E-state index contributed by atoms with van der Waals surface area (Å²) in [4.78, 5) is 0. The zero-order valence-electron chi connectivity index (χ0n) is 8.31. The van der Waals surface area contributed by atoms with Crippen LogP contribution in [-0.4, -0.2) is 26.8 Å². The van der Waals surface area contributed by atoms with Gasteiger partial charge in [0.15, 0.2) is 0 Å². The van der Waals surface area contributed by atoms with Gasteiger partial charge in [-0.3, -0.25) is 0 Å². The first-order chi connectivity index (χ1) is 6.33. The second kappa shape index (κ2) is 5.21. The van der Waals surface area contributed by atoms with E-state index in [0.717, 1.165) is 39.0 Å². The van der Waals surface area contributed by atoms with E-state index in [9.17, 15) is 0 Å². The molecule has 0 aromatic rings. The molecule has 1 N–H and O–H groups in total. The van der Waals surface area contributed by atoms with E-state index in [1.165, 1.54) is 6.42 Å². The Labute approximate surface area is 80.1 Å². The lowest BCUT2D eigenvalue weighted by Crippen LogP contribution is -2.39. The molecule has 1 saturated carbocycles. The summed E-state index contributed by atoms with van der Waals surface area (Å²) in [5, 5.41) is 12.2. The normalized spacial score (nSPS) is 19.1. The minimum Gasteiger partial charge on any atom is -0.385 e. The number of hydrogen-bond acceptors (Lipinski definition) is 3. The van der Waals surface area contributed by atoms with Gasteiger partial charge in [0.2, 0.25) is 0 Å².